The normalized spacial score (nSPS) is 12.7. The minimum absolute atomic E-state index is 0.0304. The average molecular weight is 791 g/mol. The summed E-state index contributed by atoms with van der Waals surface area (Å²) in [6, 6.07) is 68.5. The zero-order valence-electron chi connectivity index (χ0n) is 33.1. The second-order valence-electron chi connectivity index (χ2n) is 16.3. The molecule has 2 aliphatic heterocycles. The van der Waals surface area contributed by atoms with Crippen LogP contribution in [0.4, 0.5) is 0 Å². The third-order valence-electron chi connectivity index (χ3n) is 13.1. The Labute approximate surface area is 355 Å². The van der Waals surface area contributed by atoms with Crippen molar-refractivity contribution in [1.82, 2.24) is 13.7 Å². The minimum Gasteiger partial charge on any atom is -0.458 e. The van der Waals surface area contributed by atoms with Gasteiger partial charge < -0.3 is 23.2 Å². The molecule has 0 saturated heterocycles. The van der Waals surface area contributed by atoms with E-state index < -0.39 is 0 Å². The van der Waals surface area contributed by atoms with Crippen molar-refractivity contribution in [3.05, 3.63) is 194 Å². The van der Waals surface area contributed by atoms with Crippen LogP contribution < -0.4 is 25.9 Å². The number of hydrogen-bond acceptors (Lipinski definition) is 3. The molecular weight excluding hydrogens is 759 g/mol. The van der Waals surface area contributed by atoms with Gasteiger partial charge in [-0.05, 0) is 71.6 Å². The zero-order chi connectivity index (χ0) is 40.6. The number of fused-ring (bicyclic) bond motifs is 16. The van der Waals surface area contributed by atoms with Gasteiger partial charge in [-0.25, -0.2) is 0 Å². The number of nitriles is 1. The monoisotopic (exact) mass is 790 g/mol. The Bertz CT molecular complexity index is 3890. The molecule has 0 unspecified atom stereocenters. The Kier molecular flexibility index (Phi) is 6.62. The number of rotatable bonds is 3. The van der Waals surface area contributed by atoms with E-state index in [1.54, 1.807) is 0 Å². The van der Waals surface area contributed by atoms with Gasteiger partial charge in [0, 0.05) is 61.3 Å². The lowest BCUT2D eigenvalue weighted by Gasteiger charge is -2.33. The van der Waals surface area contributed by atoms with Gasteiger partial charge in [-0.3, -0.25) is 0 Å². The van der Waals surface area contributed by atoms with Crippen LogP contribution in [0.1, 0.15) is 5.56 Å². The topological polar surface area (TPSA) is 57.0 Å². The van der Waals surface area contributed by atoms with E-state index >= 15 is 0 Å². The summed E-state index contributed by atoms with van der Waals surface area (Å²) in [5, 5.41) is 17.0. The fraction of sp³-hybridized carbons (Fsp3) is 0. The van der Waals surface area contributed by atoms with Crippen LogP contribution in [0.2, 0.25) is 0 Å². The first-order chi connectivity index (χ1) is 30.7. The van der Waals surface area contributed by atoms with Crippen LogP contribution in [0.5, 0.6) is 23.0 Å². The summed E-state index contributed by atoms with van der Waals surface area (Å²) in [7, 11) is 0. The lowest BCUT2D eigenvalue weighted by molar-refractivity contribution is 0.464. The first-order valence-electron chi connectivity index (χ1n) is 20.9. The third-order valence-corrected chi connectivity index (χ3v) is 13.1. The number of ether oxygens (including phenoxy) is 2. The van der Waals surface area contributed by atoms with Gasteiger partial charge in [0.1, 0.15) is 23.0 Å². The van der Waals surface area contributed by atoms with E-state index in [1.165, 1.54) is 0 Å². The summed E-state index contributed by atoms with van der Waals surface area (Å²) in [6.45, 7) is -0.0304. The molecule has 2 aliphatic rings. The quantitative estimate of drug-likeness (QED) is 0.168. The molecule has 6 nitrogen and oxygen atoms in total. The molecular formula is C55H31BN4O2. The molecule has 0 saturated carbocycles. The van der Waals surface area contributed by atoms with Crippen LogP contribution in [-0.2, 0) is 0 Å². The Morgan fingerprint density at radius 3 is 1.35 bits per heavy atom. The molecule has 0 amide bonds. The van der Waals surface area contributed by atoms with Crippen molar-refractivity contribution in [2.24, 2.45) is 0 Å². The van der Waals surface area contributed by atoms with E-state index in [0.717, 1.165) is 122 Å². The van der Waals surface area contributed by atoms with Crippen LogP contribution in [0, 0.1) is 11.3 Å². The standard InChI is InChI=1S/C55H31BN4O2/c57-32-33-15-14-18-35(29-33)59-43-25-10-5-20-38(43)49-53-50(37-19-4-9-24-42(37)58(53)34-16-2-1-3-17-34)55-51(54(49)59)39-21-6-11-26-44(39)60(55)36-30-47-52-48(31-36)62-46-28-13-8-23-41(46)56(52)40-22-7-12-27-45(40)61-47/h1-31H. The van der Waals surface area contributed by atoms with Gasteiger partial charge >= 0.3 is 0 Å². The molecule has 12 aromatic rings. The second kappa shape index (κ2) is 12.3. The van der Waals surface area contributed by atoms with E-state index in [9.17, 15) is 5.26 Å². The van der Waals surface area contributed by atoms with E-state index in [-0.39, 0.29) is 6.71 Å². The summed E-state index contributed by atoms with van der Waals surface area (Å²) in [5.41, 5.74) is 13.4. The summed E-state index contributed by atoms with van der Waals surface area (Å²) in [4.78, 5) is 0. The molecule has 286 valence electrons. The Morgan fingerprint density at radius 2 is 0.823 bits per heavy atom. The highest BCUT2D eigenvalue weighted by molar-refractivity contribution is 6.98. The number of aromatic nitrogens is 3. The van der Waals surface area contributed by atoms with E-state index in [1.807, 2.05) is 30.3 Å². The van der Waals surface area contributed by atoms with Gasteiger partial charge in [-0.1, -0.05) is 115 Å². The molecule has 0 aliphatic carbocycles. The lowest BCUT2D eigenvalue weighted by Crippen LogP contribution is -2.57. The molecule has 0 spiro atoms. The van der Waals surface area contributed by atoms with Crippen molar-refractivity contribution in [1.29, 1.82) is 5.26 Å². The van der Waals surface area contributed by atoms with Crippen LogP contribution in [0.25, 0.3) is 82.5 Å². The van der Waals surface area contributed by atoms with Gasteiger partial charge in [-0.2, -0.15) is 5.26 Å². The smallest absolute Gasteiger partial charge is 0.260 e. The van der Waals surface area contributed by atoms with Crippen molar-refractivity contribution < 1.29 is 9.47 Å². The summed E-state index contributed by atoms with van der Waals surface area (Å²) in [5.74, 6) is 3.28. The molecule has 0 bridgehead atoms. The molecule has 7 heteroatoms. The average Bonchev–Trinajstić information content (AvgIpc) is 3.98. The maximum absolute atomic E-state index is 10.2. The van der Waals surface area contributed by atoms with Crippen molar-refractivity contribution >= 4 is 88.5 Å². The molecule has 0 fully saturated rings. The van der Waals surface area contributed by atoms with Crippen LogP contribution in [0.15, 0.2) is 188 Å². The minimum atomic E-state index is -0.0304. The molecule has 5 heterocycles. The van der Waals surface area contributed by atoms with Gasteiger partial charge in [0.25, 0.3) is 6.71 Å². The molecule has 0 N–H and O–H groups in total. The number of para-hydroxylation sites is 6. The lowest BCUT2D eigenvalue weighted by atomic mass is 9.35. The second-order valence-corrected chi connectivity index (χ2v) is 16.3. The first-order valence-corrected chi connectivity index (χ1v) is 20.9. The first kappa shape index (κ1) is 33.4. The molecule has 3 aromatic heterocycles. The molecule has 0 atom stereocenters. The molecule has 0 radical (unpaired) electrons. The van der Waals surface area contributed by atoms with Gasteiger partial charge in [0.05, 0.1) is 50.4 Å². The number of nitrogens with zero attached hydrogens (tertiary/aromatic N) is 4. The van der Waals surface area contributed by atoms with Gasteiger partial charge in [0.2, 0.25) is 0 Å². The maximum atomic E-state index is 10.2. The summed E-state index contributed by atoms with van der Waals surface area (Å²) >= 11 is 0. The highest BCUT2D eigenvalue weighted by Gasteiger charge is 2.40. The SMILES string of the molecule is N#Cc1cccc(-n2c3ccccc3c3c4c(c5ccccc5n4-c4ccccc4)c4c(c5ccccc5n4-c4cc5c6c(c4)Oc4ccccc4B6c4ccccc4O5)c32)c1. The van der Waals surface area contributed by atoms with E-state index in [2.05, 4.69) is 177 Å². The number of benzene rings is 9. The van der Waals surface area contributed by atoms with E-state index in [0.29, 0.717) is 5.56 Å². The summed E-state index contributed by atoms with van der Waals surface area (Å²) < 4.78 is 21.1. The zero-order valence-corrected chi connectivity index (χ0v) is 33.1. The van der Waals surface area contributed by atoms with Crippen LogP contribution in [-0.4, -0.2) is 20.4 Å². The van der Waals surface area contributed by atoms with Gasteiger partial charge in [0.15, 0.2) is 0 Å². The Hall–Kier alpha value is -8.47. The highest BCUT2D eigenvalue weighted by atomic mass is 16.5. The predicted molar refractivity (Wildman–Crippen MR) is 252 cm³/mol. The van der Waals surface area contributed by atoms with E-state index in [4.69, 9.17) is 9.47 Å². The highest BCUT2D eigenvalue weighted by Crippen LogP contribution is 2.51. The van der Waals surface area contributed by atoms with Crippen LogP contribution >= 0.6 is 0 Å². The largest absolute Gasteiger partial charge is 0.458 e. The molecule has 62 heavy (non-hydrogen) atoms. The molecule has 14 rings (SSSR count). The van der Waals surface area contributed by atoms with Crippen LogP contribution in [0.3, 0.4) is 0 Å². The third kappa shape index (κ3) is 4.32. The number of hydrogen-bond donors (Lipinski definition) is 0. The molecule has 9 aromatic carbocycles. The fourth-order valence-corrected chi connectivity index (χ4v) is 10.8. The van der Waals surface area contributed by atoms with Crippen molar-refractivity contribution in [2.45, 2.75) is 0 Å². The van der Waals surface area contributed by atoms with Crippen molar-refractivity contribution in [3.8, 4) is 46.1 Å². The predicted octanol–water partition coefficient (Wildman–Crippen LogP) is 11.6. The fourth-order valence-electron chi connectivity index (χ4n) is 10.8. The summed E-state index contributed by atoms with van der Waals surface area (Å²) in [6.07, 6.45) is 0. The van der Waals surface area contributed by atoms with Crippen molar-refractivity contribution in [2.75, 3.05) is 0 Å². The van der Waals surface area contributed by atoms with Crippen molar-refractivity contribution in [3.63, 3.8) is 0 Å². The maximum Gasteiger partial charge on any atom is 0.260 e. The van der Waals surface area contributed by atoms with Gasteiger partial charge in [-0.15, -0.1) is 0 Å². The Balaban J connectivity index is 1.22. The Morgan fingerprint density at radius 1 is 0.387 bits per heavy atom.